The molecule has 0 aliphatic carbocycles. The maximum absolute atomic E-state index is 12.9. The van der Waals surface area contributed by atoms with Gasteiger partial charge in [-0.05, 0) is 34.6 Å². The molecular weight excluding hydrogens is 371 g/mol. The maximum atomic E-state index is 12.9. The zero-order valence-electron chi connectivity index (χ0n) is 16.5. The Balaban J connectivity index is 2.45. The topological polar surface area (TPSA) is 104 Å². The molecule has 0 aromatic carbocycles. The van der Waals surface area contributed by atoms with E-state index in [0.29, 0.717) is 23.3 Å². The third-order valence-corrected chi connectivity index (χ3v) is 6.08. The van der Waals surface area contributed by atoms with Crippen LogP contribution >= 0.6 is 7.60 Å². The average Bonchev–Trinajstić information content (AvgIpc) is 3.13. The van der Waals surface area contributed by atoms with Crippen molar-refractivity contribution in [2.75, 3.05) is 19.8 Å². The molecule has 2 aromatic rings. The molecular formula is C18H27N2O6P. The van der Waals surface area contributed by atoms with Crippen molar-refractivity contribution in [3.05, 3.63) is 40.1 Å². The van der Waals surface area contributed by atoms with Gasteiger partial charge in [0.15, 0.2) is 0 Å². The van der Waals surface area contributed by atoms with Crippen molar-refractivity contribution in [2.24, 2.45) is 0 Å². The van der Waals surface area contributed by atoms with Crippen LogP contribution in [0.5, 0.6) is 0 Å². The number of carbonyl (C=O) groups is 1. The number of hydrogen-bond donors (Lipinski definition) is 1. The Kier molecular flexibility index (Phi) is 7.41. The molecule has 0 spiro atoms. The Bertz CT molecular complexity index is 796. The number of nitrogens with one attached hydrogen (secondary N) is 1. The first-order valence-electron chi connectivity index (χ1n) is 9.00. The first-order chi connectivity index (χ1) is 12.8. The summed E-state index contributed by atoms with van der Waals surface area (Å²) in [5, 5.41) is 7.13. The standard InChI is InChI=1S/C18H27N2O6P/c1-6-23-18(21)16-10-24-17(11-27(22,25-7-2)26-8-3)15(16)9-14-12(4)19-20-13(14)5/h10H,6-9,11H2,1-5H3,(H,19,20). The van der Waals surface area contributed by atoms with Gasteiger partial charge in [-0.25, -0.2) is 4.79 Å². The smallest absolute Gasteiger partial charge is 0.341 e. The van der Waals surface area contributed by atoms with Gasteiger partial charge in [-0.1, -0.05) is 0 Å². The molecule has 0 aliphatic heterocycles. The van der Waals surface area contributed by atoms with E-state index < -0.39 is 13.6 Å². The molecule has 0 unspecified atom stereocenters. The van der Waals surface area contributed by atoms with Gasteiger partial charge < -0.3 is 18.2 Å². The van der Waals surface area contributed by atoms with E-state index in [-0.39, 0.29) is 26.0 Å². The number of ether oxygens (including phenoxy) is 1. The molecule has 2 rings (SSSR count). The minimum Gasteiger partial charge on any atom is -0.467 e. The molecule has 150 valence electrons. The van der Waals surface area contributed by atoms with Crippen LogP contribution in [0, 0.1) is 13.8 Å². The van der Waals surface area contributed by atoms with Crippen LogP contribution in [-0.2, 0) is 30.9 Å². The number of esters is 1. The molecule has 0 atom stereocenters. The SMILES string of the molecule is CCOC(=O)c1coc(CP(=O)(OCC)OCC)c1Cc1c(C)n[nH]c1C. The van der Waals surface area contributed by atoms with Crippen molar-refractivity contribution < 1.29 is 27.6 Å². The first-order valence-corrected chi connectivity index (χ1v) is 10.7. The number of nitrogens with zero attached hydrogens (tertiary/aromatic N) is 1. The summed E-state index contributed by atoms with van der Waals surface area (Å²) in [6, 6.07) is 0. The lowest BCUT2D eigenvalue weighted by molar-refractivity contribution is 0.0524. The second-order valence-corrected chi connectivity index (χ2v) is 8.02. The van der Waals surface area contributed by atoms with Crippen LogP contribution in [0.25, 0.3) is 0 Å². The molecule has 0 aliphatic rings. The summed E-state index contributed by atoms with van der Waals surface area (Å²) in [5.74, 6) is -0.0905. The molecule has 9 heteroatoms. The number of hydrogen-bond acceptors (Lipinski definition) is 7. The van der Waals surface area contributed by atoms with Gasteiger partial charge in [-0.3, -0.25) is 9.66 Å². The molecule has 2 aromatic heterocycles. The Labute approximate surface area is 159 Å². The molecule has 0 saturated carbocycles. The van der Waals surface area contributed by atoms with Gasteiger partial charge in [-0.2, -0.15) is 5.10 Å². The predicted molar refractivity (Wildman–Crippen MR) is 100 cm³/mol. The molecule has 27 heavy (non-hydrogen) atoms. The average molecular weight is 398 g/mol. The lowest BCUT2D eigenvalue weighted by atomic mass is 10.0. The Morgan fingerprint density at radius 1 is 1.15 bits per heavy atom. The Morgan fingerprint density at radius 2 is 1.81 bits per heavy atom. The Morgan fingerprint density at radius 3 is 2.33 bits per heavy atom. The summed E-state index contributed by atoms with van der Waals surface area (Å²) in [6.45, 7) is 9.77. The highest BCUT2D eigenvalue weighted by atomic mass is 31.2. The largest absolute Gasteiger partial charge is 0.467 e. The van der Waals surface area contributed by atoms with E-state index in [1.165, 1.54) is 6.26 Å². The van der Waals surface area contributed by atoms with Crippen LogP contribution < -0.4 is 0 Å². The van der Waals surface area contributed by atoms with E-state index in [9.17, 15) is 9.36 Å². The summed E-state index contributed by atoms with van der Waals surface area (Å²) >= 11 is 0. The van der Waals surface area contributed by atoms with E-state index in [4.69, 9.17) is 18.2 Å². The number of aromatic amines is 1. The van der Waals surface area contributed by atoms with Crippen LogP contribution in [0.2, 0.25) is 0 Å². The third-order valence-electron chi connectivity index (χ3n) is 4.10. The van der Waals surface area contributed by atoms with Gasteiger partial charge in [0.05, 0.1) is 25.5 Å². The van der Waals surface area contributed by atoms with Crippen molar-refractivity contribution in [3.8, 4) is 0 Å². The van der Waals surface area contributed by atoms with E-state index in [0.717, 1.165) is 17.0 Å². The van der Waals surface area contributed by atoms with Crippen LogP contribution in [0.4, 0.5) is 0 Å². The van der Waals surface area contributed by atoms with Gasteiger partial charge in [-0.15, -0.1) is 0 Å². The molecule has 0 fully saturated rings. The van der Waals surface area contributed by atoms with Crippen LogP contribution in [-0.4, -0.2) is 36.0 Å². The predicted octanol–water partition coefficient (Wildman–Crippen LogP) is 4.15. The Hall–Kier alpha value is -1.89. The minimum absolute atomic E-state index is 0.0562. The summed E-state index contributed by atoms with van der Waals surface area (Å²) in [5.41, 5.74) is 3.59. The highest BCUT2D eigenvalue weighted by Crippen LogP contribution is 2.52. The number of aryl methyl sites for hydroxylation is 2. The quantitative estimate of drug-likeness (QED) is 0.473. The van der Waals surface area contributed by atoms with E-state index >= 15 is 0 Å². The molecule has 0 radical (unpaired) electrons. The van der Waals surface area contributed by atoms with Crippen molar-refractivity contribution in [1.29, 1.82) is 0 Å². The number of furan rings is 1. The lowest BCUT2D eigenvalue weighted by Crippen LogP contribution is -2.08. The van der Waals surface area contributed by atoms with Crippen molar-refractivity contribution in [1.82, 2.24) is 10.2 Å². The molecule has 1 N–H and O–H groups in total. The summed E-state index contributed by atoms with van der Waals surface area (Å²) in [7, 11) is -3.38. The van der Waals surface area contributed by atoms with Crippen molar-refractivity contribution in [3.63, 3.8) is 0 Å². The lowest BCUT2D eigenvalue weighted by Gasteiger charge is -2.16. The molecule has 0 bridgehead atoms. The third kappa shape index (κ3) is 5.09. The normalized spacial score (nSPS) is 11.7. The van der Waals surface area contributed by atoms with Crippen molar-refractivity contribution >= 4 is 13.6 Å². The van der Waals surface area contributed by atoms with Gasteiger partial charge in [0, 0.05) is 23.2 Å². The van der Waals surface area contributed by atoms with Gasteiger partial charge in [0.1, 0.15) is 23.7 Å². The maximum Gasteiger partial charge on any atom is 0.341 e. The zero-order chi connectivity index (χ0) is 20.0. The van der Waals surface area contributed by atoms with Crippen LogP contribution in [0.1, 0.15) is 59.4 Å². The molecule has 0 amide bonds. The number of rotatable bonds is 10. The highest BCUT2D eigenvalue weighted by Gasteiger charge is 2.31. The number of aromatic nitrogens is 2. The van der Waals surface area contributed by atoms with Gasteiger partial charge in [0.25, 0.3) is 0 Å². The molecule has 8 nitrogen and oxygen atoms in total. The number of carbonyl (C=O) groups excluding carboxylic acids is 1. The van der Waals surface area contributed by atoms with E-state index in [2.05, 4.69) is 10.2 Å². The summed E-state index contributed by atoms with van der Waals surface area (Å²) in [4.78, 5) is 12.4. The van der Waals surface area contributed by atoms with Crippen LogP contribution in [0.15, 0.2) is 10.7 Å². The monoisotopic (exact) mass is 398 g/mol. The fourth-order valence-electron chi connectivity index (χ4n) is 2.84. The highest BCUT2D eigenvalue weighted by molar-refractivity contribution is 7.53. The van der Waals surface area contributed by atoms with Crippen LogP contribution in [0.3, 0.4) is 0 Å². The van der Waals surface area contributed by atoms with Crippen molar-refractivity contribution in [2.45, 2.75) is 47.2 Å². The zero-order valence-corrected chi connectivity index (χ0v) is 17.4. The van der Waals surface area contributed by atoms with E-state index in [1.54, 1.807) is 20.8 Å². The minimum atomic E-state index is -3.38. The second kappa shape index (κ2) is 9.35. The second-order valence-electron chi connectivity index (χ2n) is 5.97. The fourth-order valence-corrected chi connectivity index (χ4v) is 4.50. The number of H-pyrrole nitrogens is 1. The summed E-state index contributed by atoms with van der Waals surface area (Å²) < 4.78 is 34.4. The molecule has 0 saturated heterocycles. The van der Waals surface area contributed by atoms with Gasteiger partial charge >= 0.3 is 13.6 Å². The van der Waals surface area contributed by atoms with E-state index in [1.807, 2.05) is 13.8 Å². The summed E-state index contributed by atoms with van der Waals surface area (Å²) in [6.07, 6.45) is 1.68. The first kappa shape index (κ1) is 21.4. The molecule has 2 heterocycles. The fraction of sp³-hybridized carbons (Fsp3) is 0.556. The van der Waals surface area contributed by atoms with Gasteiger partial charge in [0.2, 0.25) is 0 Å².